The lowest BCUT2D eigenvalue weighted by atomic mass is 9.91. The van der Waals surface area contributed by atoms with E-state index in [1.807, 2.05) is 0 Å². The van der Waals surface area contributed by atoms with Crippen molar-refractivity contribution in [3.63, 3.8) is 0 Å². The van der Waals surface area contributed by atoms with Crippen LogP contribution in [0.4, 0.5) is 0 Å². The number of nitrogens with zero attached hydrogens (tertiary/aromatic N) is 3. The van der Waals surface area contributed by atoms with Gasteiger partial charge in [0.05, 0.1) is 6.61 Å². The molecule has 6 heteroatoms. The van der Waals surface area contributed by atoms with E-state index in [2.05, 4.69) is 10.1 Å². The molecule has 0 aliphatic heterocycles. The van der Waals surface area contributed by atoms with Crippen LogP contribution in [0.2, 0.25) is 0 Å². The van der Waals surface area contributed by atoms with Crippen molar-refractivity contribution in [1.82, 2.24) is 15.0 Å². The molecule has 1 heterocycles. The second kappa shape index (κ2) is 5.95. The van der Waals surface area contributed by atoms with E-state index in [0.29, 0.717) is 37.1 Å². The monoisotopic (exact) mass is 253 g/mol. The summed E-state index contributed by atoms with van der Waals surface area (Å²) in [5.41, 5.74) is 0. The van der Waals surface area contributed by atoms with Gasteiger partial charge in [0.1, 0.15) is 0 Å². The van der Waals surface area contributed by atoms with Gasteiger partial charge in [-0.2, -0.15) is 4.98 Å². The summed E-state index contributed by atoms with van der Waals surface area (Å²) in [7, 11) is 0. The van der Waals surface area contributed by atoms with Gasteiger partial charge in [0.15, 0.2) is 5.82 Å². The molecule has 0 radical (unpaired) electrons. The van der Waals surface area contributed by atoms with E-state index in [-0.39, 0.29) is 12.5 Å². The van der Waals surface area contributed by atoms with Crippen LogP contribution in [0.25, 0.3) is 0 Å². The van der Waals surface area contributed by atoms with E-state index < -0.39 is 0 Å². The Kier molecular flexibility index (Phi) is 4.30. The number of rotatable bonds is 6. The molecule has 1 amide bonds. The summed E-state index contributed by atoms with van der Waals surface area (Å²) in [5, 5.41) is 12.7. The Morgan fingerprint density at radius 1 is 1.56 bits per heavy atom. The highest BCUT2D eigenvalue weighted by Crippen LogP contribution is 2.25. The maximum Gasteiger partial charge on any atom is 0.227 e. The van der Waals surface area contributed by atoms with Gasteiger partial charge in [-0.25, -0.2) is 0 Å². The molecule has 1 aromatic heterocycles. The summed E-state index contributed by atoms with van der Waals surface area (Å²) in [6.07, 6.45) is 4.09. The SMILES string of the molecule is Cc1noc(CCC(=O)N(CCO)C2CCC2)n1. The molecule has 2 rings (SSSR count). The number of aliphatic hydroxyl groups is 1. The Morgan fingerprint density at radius 2 is 2.33 bits per heavy atom. The zero-order chi connectivity index (χ0) is 13.0. The zero-order valence-corrected chi connectivity index (χ0v) is 10.6. The first-order valence-corrected chi connectivity index (χ1v) is 6.40. The van der Waals surface area contributed by atoms with Crippen molar-refractivity contribution >= 4 is 5.91 Å². The van der Waals surface area contributed by atoms with Crippen LogP contribution in [0.15, 0.2) is 4.52 Å². The molecular formula is C12H19N3O3. The van der Waals surface area contributed by atoms with Crippen molar-refractivity contribution < 1.29 is 14.4 Å². The quantitative estimate of drug-likeness (QED) is 0.806. The van der Waals surface area contributed by atoms with Crippen molar-refractivity contribution in [2.75, 3.05) is 13.2 Å². The van der Waals surface area contributed by atoms with Crippen LogP contribution < -0.4 is 0 Å². The fourth-order valence-electron chi connectivity index (χ4n) is 2.12. The van der Waals surface area contributed by atoms with Crippen molar-refractivity contribution in [3.8, 4) is 0 Å². The maximum absolute atomic E-state index is 12.1. The lowest BCUT2D eigenvalue weighted by Gasteiger charge is -2.37. The molecule has 1 aromatic rings. The number of hydrogen-bond acceptors (Lipinski definition) is 5. The number of aryl methyl sites for hydroxylation is 2. The lowest BCUT2D eigenvalue weighted by Crippen LogP contribution is -2.45. The third-order valence-electron chi connectivity index (χ3n) is 3.30. The summed E-state index contributed by atoms with van der Waals surface area (Å²) >= 11 is 0. The summed E-state index contributed by atoms with van der Waals surface area (Å²) < 4.78 is 4.97. The number of carbonyl (C=O) groups excluding carboxylic acids is 1. The molecule has 0 atom stereocenters. The Labute approximate surface area is 106 Å². The Balaban J connectivity index is 1.84. The molecule has 1 N–H and O–H groups in total. The minimum Gasteiger partial charge on any atom is -0.395 e. The molecule has 1 saturated carbocycles. The smallest absolute Gasteiger partial charge is 0.227 e. The highest BCUT2D eigenvalue weighted by molar-refractivity contribution is 5.76. The summed E-state index contributed by atoms with van der Waals surface area (Å²) in [5.74, 6) is 1.15. The second-order valence-electron chi connectivity index (χ2n) is 4.63. The summed E-state index contributed by atoms with van der Waals surface area (Å²) in [6.45, 7) is 2.19. The molecule has 0 aromatic carbocycles. The van der Waals surface area contributed by atoms with Gasteiger partial charge >= 0.3 is 0 Å². The Morgan fingerprint density at radius 3 is 2.83 bits per heavy atom. The minimum absolute atomic E-state index is 0.0158. The largest absolute Gasteiger partial charge is 0.395 e. The fraction of sp³-hybridized carbons (Fsp3) is 0.750. The molecule has 18 heavy (non-hydrogen) atoms. The van der Waals surface area contributed by atoms with E-state index in [4.69, 9.17) is 9.63 Å². The van der Waals surface area contributed by atoms with Crippen molar-refractivity contribution in [3.05, 3.63) is 11.7 Å². The van der Waals surface area contributed by atoms with Crippen molar-refractivity contribution in [2.45, 2.75) is 45.1 Å². The van der Waals surface area contributed by atoms with E-state index in [0.717, 1.165) is 12.8 Å². The van der Waals surface area contributed by atoms with Crippen LogP contribution in [-0.4, -0.2) is 45.2 Å². The van der Waals surface area contributed by atoms with Gasteiger partial charge in [0.25, 0.3) is 0 Å². The number of carbonyl (C=O) groups is 1. The molecule has 1 fully saturated rings. The van der Waals surface area contributed by atoms with Crippen molar-refractivity contribution in [1.29, 1.82) is 0 Å². The lowest BCUT2D eigenvalue weighted by molar-refractivity contribution is -0.135. The third-order valence-corrected chi connectivity index (χ3v) is 3.30. The molecule has 0 spiro atoms. The molecular weight excluding hydrogens is 234 g/mol. The van der Waals surface area contributed by atoms with E-state index in [9.17, 15) is 4.79 Å². The molecule has 0 unspecified atom stereocenters. The van der Waals surface area contributed by atoms with Crippen LogP contribution in [0.3, 0.4) is 0 Å². The van der Waals surface area contributed by atoms with Gasteiger partial charge in [-0.3, -0.25) is 4.79 Å². The molecule has 100 valence electrons. The average molecular weight is 253 g/mol. The minimum atomic E-state index is 0.0158. The van der Waals surface area contributed by atoms with E-state index >= 15 is 0 Å². The number of hydrogen-bond donors (Lipinski definition) is 1. The van der Waals surface area contributed by atoms with Gasteiger partial charge in [-0.1, -0.05) is 5.16 Å². The van der Waals surface area contributed by atoms with Crippen LogP contribution in [-0.2, 0) is 11.2 Å². The molecule has 0 bridgehead atoms. The van der Waals surface area contributed by atoms with Gasteiger partial charge in [-0.15, -0.1) is 0 Å². The van der Waals surface area contributed by atoms with Crippen LogP contribution >= 0.6 is 0 Å². The topological polar surface area (TPSA) is 79.5 Å². The number of amides is 1. The van der Waals surface area contributed by atoms with Gasteiger partial charge in [0, 0.05) is 25.4 Å². The maximum atomic E-state index is 12.1. The van der Waals surface area contributed by atoms with E-state index in [1.165, 1.54) is 6.42 Å². The fourth-order valence-corrected chi connectivity index (χ4v) is 2.12. The van der Waals surface area contributed by atoms with Gasteiger partial charge < -0.3 is 14.5 Å². The molecule has 1 aliphatic carbocycles. The highest BCUT2D eigenvalue weighted by atomic mass is 16.5. The molecule has 1 aliphatic rings. The first-order valence-electron chi connectivity index (χ1n) is 6.40. The van der Waals surface area contributed by atoms with Crippen LogP contribution in [0.1, 0.15) is 37.4 Å². The normalized spacial score (nSPS) is 15.4. The third kappa shape index (κ3) is 3.07. The average Bonchev–Trinajstić information content (AvgIpc) is 2.69. The summed E-state index contributed by atoms with van der Waals surface area (Å²) in [6, 6.07) is 0.314. The summed E-state index contributed by atoms with van der Waals surface area (Å²) in [4.78, 5) is 17.9. The van der Waals surface area contributed by atoms with E-state index in [1.54, 1.807) is 11.8 Å². The Bertz CT molecular complexity index is 401. The Hall–Kier alpha value is -1.43. The predicted octanol–water partition coefficient (Wildman–Crippen LogP) is 0.684. The first kappa shape index (κ1) is 13.0. The second-order valence-corrected chi connectivity index (χ2v) is 4.63. The van der Waals surface area contributed by atoms with Crippen LogP contribution in [0.5, 0.6) is 0 Å². The number of aliphatic hydroxyl groups excluding tert-OH is 1. The first-order chi connectivity index (χ1) is 8.70. The standard InChI is InChI=1S/C12H19N3O3/c1-9-13-11(18-14-9)5-6-12(17)15(7-8-16)10-3-2-4-10/h10,16H,2-8H2,1H3. The van der Waals surface area contributed by atoms with Crippen molar-refractivity contribution in [2.24, 2.45) is 0 Å². The molecule has 6 nitrogen and oxygen atoms in total. The number of aromatic nitrogens is 2. The molecule has 0 saturated heterocycles. The van der Waals surface area contributed by atoms with Crippen LogP contribution in [0, 0.1) is 6.92 Å². The predicted molar refractivity (Wildman–Crippen MR) is 63.8 cm³/mol. The van der Waals surface area contributed by atoms with Gasteiger partial charge in [0.2, 0.25) is 11.8 Å². The van der Waals surface area contributed by atoms with Gasteiger partial charge in [-0.05, 0) is 26.2 Å². The highest BCUT2D eigenvalue weighted by Gasteiger charge is 2.28. The zero-order valence-electron chi connectivity index (χ0n) is 10.6.